The van der Waals surface area contributed by atoms with E-state index in [2.05, 4.69) is 5.32 Å². The van der Waals surface area contributed by atoms with Crippen molar-refractivity contribution in [3.8, 4) is 5.75 Å². The van der Waals surface area contributed by atoms with Gasteiger partial charge in [-0.05, 0) is 35.9 Å². The molecule has 6 nitrogen and oxygen atoms in total. The van der Waals surface area contributed by atoms with Crippen LogP contribution in [0.4, 0.5) is 5.69 Å². The Balaban J connectivity index is 2.04. The van der Waals surface area contributed by atoms with Gasteiger partial charge in [-0.3, -0.25) is 9.36 Å². The van der Waals surface area contributed by atoms with Crippen LogP contribution < -0.4 is 10.6 Å². The lowest BCUT2D eigenvalue weighted by Crippen LogP contribution is -2.08. The molecule has 2 aromatic rings. The molecule has 1 heterocycles. The van der Waals surface area contributed by atoms with E-state index < -0.39 is 7.60 Å². The lowest BCUT2D eigenvalue weighted by Gasteiger charge is -2.14. The lowest BCUT2D eigenvalue weighted by atomic mass is 10.0. The van der Waals surface area contributed by atoms with E-state index in [1.165, 1.54) is 26.4 Å². The highest BCUT2D eigenvalue weighted by Crippen LogP contribution is 2.45. The van der Waals surface area contributed by atoms with Gasteiger partial charge in [-0.2, -0.15) is 0 Å². The number of carbonyl (C=O) groups excluding carboxylic acids is 1. The van der Waals surface area contributed by atoms with Gasteiger partial charge < -0.3 is 19.5 Å². The first kappa shape index (κ1) is 16.5. The fourth-order valence-corrected chi connectivity index (χ4v) is 3.71. The number of amides is 1. The summed E-state index contributed by atoms with van der Waals surface area (Å²) in [6.45, 7) is 0. The third-order valence-electron chi connectivity index (χ3n) is 3.76. The molecular weight excluding hydrogens is 329 g/mol. The van der Waals surface area contributed by atoms with Crippen LogP contribution in [0.3, 0.4) is 0 Å². The molecule has 7 heteroatoms. The first-order chi connectivity index (χ1) is 11.5. The minimum atomic E-state index is -3.36. The molecular formula is C17H16NO5P. The second-order valence-corrected chi connectivity index (χ2v) is 7.44. The topological polar surface area (TPSA) is 84.9 Å². The molecule has 0 saturated carbocycles. The quantitative estimate of drug-likeness (QED) is 0.657. The van der Waals surface area contributed by atoms with Crippen molar-refractivity contribution in [2.45, 2.75) is 0 Å². The summed E-state index contributed by atoms with van der Waals surface area (Å²) in [6.07, 6.45) is 1.69. The molecule has 0 atom stereocenters. The monoisotopic (exact) mass is 345 g/mol. The Morgan fingerprint density at radius 3 is 2.58 bits per heavy atom. The predicted molar refractivity (Wildman–Crippen MR) is 92.3 cm³/mol. The van der Waals surface area contributed by atoms with Crippen LogP contribution in [-0.4, -0.2) is 25.2 Å². The number of anilines is 1. The summed E-state index contributed by atoms with van der Waals surface area (Å²) in [5, 5.41) is 12.6. The summed E-state index contributed by atoms with van der Waals surface area (Å²) >= 11 is 0. The number of fused-ring (bicyclic) bond motifs is 1. The van der Waals surface area contributed by atoms with Crippen molar-refractivity contribution in [1.82, 2.24) is 0 Å². The minimum Gasteiger partial charge on any atom is -0.508 e. The minimum absolute atomic E-state index is 0.0819. The molecule has 24 heavy (non-hydrogen) atoms. The molecule has 1 aliphatic rings. The fourth-order valence-electron chi connectivity index (χ4n) is 2.56. The third kappa shape index (κ3) is 2.87. The number of hydrogen-bond donors (Lipinski definition) is 2. The van der Waals surface area contributed by atoms with E-state index in [-0.39, 0.29) is 11.7 Å². The molecule has 2 N–H and O–H groups in total. The first-order valence-electron chi connectivity index (χ1n) is 7.15. The zero-order valence-electron chi connectivity index (χ0n) is 13.1. The van der Waals surface area contributed by atoms with Gasteiger partial charge in [0.05, 0.1) is 11.0 Å². The second-order valence-electron chi connectivity index (χ2n) is 5.20. The molecule has 0 spiro atoms. The molecule has 0 bridgehead atoms. The third-order valence-corrected chi connectivity index (χ3v) is 5.64. The van der Waals surface area contributed by atoms with E-state index in [0.29, 0.717) is 27.7 Å². The van der Waals surface area contributed by atoms with E-state index in [0.717, 1.165) is 0 Å². The lowest BCUT2D eigenvalue weighted by molar-refractivity contribution is -0.110. The molecule has 3 rings (SSSR count). The van der Waals surface area contributed by atoms with Crippen LogP contribution in [-0.2, 0) is 18.4 Å². The molecule has 124 valence electrons. The maximum absolute atomic E-state index is 12.5. The Morgan fingerprint density at radius 1 is 1.12 bits per heavy atom. The van der Waals surface area contributed by atoms with Crippen LogP contribution >= 0.6 is 7.60 Å². The van der Waals surface area contributed by atoms with Crippen molar-refractivity contribution in [1.29, 1.82) is 0 Å². The van der Waals surface area contributed by atoms with Gasteiger partial charge in [0.1, 0.15) is 5.75 Å². The van der Waals surface area contributed by atoms with Gasteiger partial charge in [0, 0.05) is 31.4 Å². The zero-order valence-corrected chi connectivity index (χ0v) is 14.0. The normalized spacial score (nSPS) is 15.4. The van der Waals surface area contributed by atoms with E-state index in [1.807, 2.05) is 0 Å². The summed E-state index contributed by atoms with van der Waals surface area (Å²) in [5.41, 5.74) is 2.41. The Morgan fingerprint density at radius 2 is 1.88 bits per heavy atom. The van der Waals surface area contributed by atoms with Crippen LogP contribution in [0.25, 0.3) is 11.6 Å². The number of benzene rings is 2. The molecule has 0 unspecified atom stereocenters. The Bertz CT molecular complexity index is 882. The average molecular weight is 345 g/mol. The standard InChI is InChI=1S/C17H16NO5P/c1-22-24(21,23-2)13-5-3-4-11(8-13)9-15-14-7-6-12(19)10-16(14)18-17(15)20/h3-10,19H,1-2H3,(H,18,20)/b15-9-. The largest absolute Gasteiger partial charge is 0.508 e. The number of hydrogen-bond acceptors (Lipinski definition) is 5. The van der Waals surface area contributed by atoms with Crippen LogP contribution in [0.2, 0.25) is 0 Å². The van der Waals surface area contributed by atoms with Gasteiger partial charge in [0.25, 0.3) is 5.91 Å². The molecule has 1 amide bonds. The summed E-state index contributed by atoms with van der Waals surface area (Å²) in [4.78, 5) is 12.2. The number of phenols is 1. The van der Waals surface area contributed by atoms with Crippen LogP contribution in [0.15, 0.2) is 42.5 Å². The number of carbonyl (C=O) groups is 1. The fraction of sp³-hybridized carbons (Fsp3) is 0.118. The Hall–Kier alpha value is -2.40. The van der Waals surface area contributed by atoms with Gasteiger partial charge in [-0.25, -0.2) is 0 Å². The van der Waals surface area contributed by atoms with Crippen molar-refractivity contribution in [2.75, 3.05) is 19.5 Å². The van der Waals surface area contributed by atoms with Crippen molar-refractivity contribution < 1.29 is 23.5 Å². The maximum Gasteiger partial charge on any atom is 0.360 e. The van der Waals surface area contributed by atoms with E-state index in [1.54, 1.807) is 36.4 Å². The molecule has 0 aromatic heterocycles. The van der Waals surface area contributed by atoms with Crippen LogP contribution in [0.5, 0.6) is 5.75 Å². The predicted octanol–water partition coefficient (Wildman–Crippen LogP) is 3.00. The highest BCUT2D eigenvalue weighted by Gasteiger charge is 2.26. The molecule has 1 aliphatic heterocycles. The van der Waals surface area contributed by atoms with Crippen molar-refractivity contribution >= 4 is 36.1 Å². The number of rotatable bonds is 4. The average Bonchev–Trinajstić information content (AvgIpc) is 2.89. The molecule has 2 aromatic carbocycles. The zero-order chi connectivity index (χ0) is 17.3. The number of phenolic OH excluding ortho intramolecular Hbond substituents is 1. The van der Waals surface area contributed by atoms with E-state index in [4.69, 9.17) is 9.05 Å². The van der Waals surface area contributed by atoms with Crippen LogP contribution in [0, 0.1) is 0 Å². The van der Waals surface area contributed by atoms with Crippen molar-refractivity contribution in [2.24, 2.45) is 0 Å². The van der Waals surface area contributed by atoms with Crippen molar-refractivity contribution in [3.05, 3.63) is 53.6 Å². The van der Waals surface area contributed by atoms with Gasteiger partial charge >= 0.3 is 7.60 Å². The van der Waals surface area contributed by atoms with E-state index in [9.17, 15) is 14.5 Å². The summed E-state index contributed by atoms with van der Waals surface area (Å²) < 4.78 is 22.5. The Kier molecular flexibility index (Phi) is 4.28. The van der Waals surface area contributed by atoms with Crippen LogP contribution in [0.1, 0.15) is 11.1 Å². The summed E-state index contributed by atoms with van der Waals surface area (Å²) in [7, 11) is -0.712. The first-order valence-corrected chi connectivity index (χ1v) is 8.69. The van der Waals surface area contributed by atoms with Gasteiger partial charge in [-0.1, -0.05) is 12.1 Å². The Labute approximate surface area is 139 Å². The smallest absolute Gasteiger partial charge is 0.360 e. The number of aromatic hydroxyl groups is 1. The number of nitrogens with one attached hydrogen (secondary N) is 1. The summed E-state index contributed by atoms with van der Waals surface area (Å²) in [6, 6.07) is 11.5. The van der Waals surface area contributed by atoms with Gasteiger partial charge in [0.15, 0.2) is 0 Å². The van der Waals surface area contributed by atoms with Crippen molar-refractivity contribution in [3.63, 3.8) is 0 Å². The molecule has 0 saturated heterocycles. The molecule has 0 aliphatic carbocycles. The SMILES string of the molecule is COP(=O)(OC)c1cccc(/C=C2\C(=O)Nc3cc(O)ccc32)c1. The molecule has 0 fully saturated rings. The molecule has 0 radical (unpaired) electrons. The highest BCUT2D eigenvalue weighted by molar-refractivity contribution is 7.62. The second kappa shape index (κ2) is 6.24. The van der Waals surface area contributed by atoms with Gasteiger partial charge in [-0.15, -0.1) is 0 Å². The van der Waals surface area contributed by atoms with E-state index >= 15 is 0 Å². The maximum atomic E-state index is 12.5. The summed E-state index contributed by atoms with van der Waals surface area (Å²) in [5.74, 6) is -0.180. The highest BCUT2D eigenvalue weighted by atomic mass is 31.2. The van der Waals surface area contributed by atoms with Gasteiger partial charge in [0.2, 0.25) is 0 Å².